The van der Waals surface area contributed by atoms with E-state index in [1.165, 1.54) is 0 Å². The highest BCUT2D eigenvalue weighted by atomic mass is 79.9. The normalized spacial score (nSPS) is 20.5. The van der Waals surface area contributed by atoms with Gasteiger partial charge in [0.05, 0.1) is 29.2 Å². The SMILES string of the molecule is C#CC(C)(C)NC(=O)c1nn(CC(=O)N2[C@H](C(=O)Cc3nc(Br)ccc3C)C[C@@]3(C)C[C@@H]23)c2ccc(-c3cnc(C)nc3)cc12. The Bertz CT molecular complexity index is 1910. The first-order valence-corrected chi connectivity index (χ1v) is 15.6. The summed E-state index contributed by atoms with van der Waals surface area (Å²) in [6.45, 7) is 9.20. The molecule has 0 bridgehead atoms. The van der Waals surface area contributed by atoms with Crippen LogP contribution in [0.3, 0.4) is 0 Å². The van der Waals surface area contributed by atoms with E-state index in [9.17, 15) is 14.4 Å². The third kappa shape index (κ3) is 5.87. The first-order valence-electron chi connectivity index (χ1n) is 14.8. The Balaban J connectivity index is 1.33. The van der Waals surface area contributed by atoms with Crippen LogP contribution >= 0.6 is 15.9 Å². The van der Waals surface area contributed by atoms with Gasteiger partial charge in [0.15, 0.2) is 11.5 Å². The molecule has 1 saturated heterocycles. The number of amides is 2. The van der Waals surface area contributed by atoms with Gasteiger partial charge in [0, 0.05) is 29.4 Å². The van der Waals surface area contributed by atoms with Gasteiger partial charge in [0.2, 0.25) is 5.91 Å². The van der Waals surface area contributed by atoms with Crippen LogP contribution in [0, 0.1) is 31.6 Å². The van der Waals surface area contributed by atoms with E-state index in [-0.39, 0.29) is 41.8 Å². The third-order valence-electron chi connectivity index (χ3n) is 8.96. The molecule has 0 spiro atoms. The highest BCUT2D eigenvalue weighted by Gasteiger charge is 2.64. The van der Waals surface area contributed by atoms with E-state index >= 15 is 0 Å². The van der Waals surface area contributed by atoms with Crippen molar-refractivity contribution in [3.8, 4) is 23.5 Å². The standard InChI is InChI=1S/C34H34BrN7O3/c1-7-33(4,5)39-32(45)31-23-12-21(22-16-36-20(3)37-17-22)9-10-25(23)41(40-31)18-30(44)42-26(14-34(6)15-28(34)42)27(43)13-24-19(2)8-11-29(35)38-24/h1,8-12,16-17,26,28H,13-15,18H2,2-6H3,(H,39,45)/t26-,28+,34-/m0/s1. The second kappa shape index (κ2) is 11.2. The summed E-state index contributed by atoms with van der Waals surface area (Å²) in [5.41, 5.74) is 2.97. The summed E-state index contributed by atoms with van der Waals surface area (Å²) in [5, 5.41) is 8.05. The van der Waals surface area contributed by atoms with Crippen molar-refractivity contribution in [1.82, 2.24) is 34.9 Å². The van der Waals surface area contributed by atoms with E-state index in [1.807, 2.05) is 44.2 Å². The van der Waals surface area contributed by atoms with E-state index < -0.39 is 17.5 Å². The predicted molar refractivity (Wildman–Crippen MR) is 173 cm³/mol. The molecule has 45 heavy (non-hydrogen) atoms. The molecule has 1 aromatic carbocycles. The van der Waals surface area contributed by atoms with Crippen LogP contribution in [-0.4, -0.2) is 64.9 Å². The first-order chi connectivity index (χ1) is 21.3. The average molecular weight is 669 g/mol. The fourth-order valence-corrected chi connectivity index (χ4v) is 6.54. The monoisotopic (exact) mass is 667 g/mol. The van der Waals surface area contributed by atoms with Crippen LogP contribution in [0.4, 0.5) is 0 Å². The van der Waals surface area contributed by atoms with Crippen molar-refractivity contribution in [2.24, 2.45) is 5.41 Å². The number of benzene rings is 1. The second-order valence-corrected chi connectivity index (χ2v) is 13.7. The van der Waals surface area contributed by atoms with Gasteiger partial charge in [-0.15, -0.1) is 6.42 Å². The van der Waals surface area contributed by atoms with Crippen molar-refractivity contribution in [2.45, 2.75) is 78.0 Å². The Labute approximate surface area is 270 Å². The van der Waals surface area contributed by atoms with Crippen molar-refractivity contribution >= 4 is 44.4 Å². The van der Waals surface area contributed by atoms with E-state index in [4.69, 9.17) is 6.42 Å². The fraction of sp³-hybridized carbons (Fsp3) is 0.382. The molecular weight excluding hydrogens is 634 g/mol. The van der Waals surface area contributed by atoms with Gasteiger partial charge in [-0.05, 0) is 91.2 Å². The molecule has 3 aromatic heterocycles. The van der Waals surface area contributed by atoms with Crippen molar-refractivity contribution in [3.63, 3.8) is 0 Å². The molecule has 2 fully saturated rings. The number of piperidine rings is 1. The molecule has 4 heterocycles. The van der Waals surface area contributed by atoms with Gasteiger partial charge in [-0.3, -0.25) is 19.1 Å². The Kier molecular flexibility index (Phi) is 7.60. The lowest BCUT2D eigenvalue weighted by atomic mass is 9.96. The lowest BCUT2D eigenvalue weighted by Gasteiger charge is -2.27. The number of hydrogen-bond donors (Lipinski definition) is 1. The Hall–Kier alpha value is -4.43. The number of rotatable bonds is 8. The molecule has 1 saturated carbocycles. The maximum absolute atomic E-state index is 14.0. The Morgan fingerprint density at radius 2 is 1.84 bits per heavy atom. The lowest BCUT2D eigenvalue weighted by Crippen LogP contribution is -2.45. The van der Waals surface area contributed by atoms with Crippen LogP contribution in [0.1, 0.15) is 61.2 Å². The quantitative estimate of drug-likeness (QED) is 0.215. The number of aryl methyl sites for hydroxylation is 2. The number of fused-ring (bicyclic) bond motifs is 2. The number of halogens is 1. The minimum Gasteiger partial charge on any atom is -0.335 e. The lowest BCUT2D eigenvalue weighted by molar-refractivity contribution is -0.139. The van der Waals surface area contributed by atoms with Gasteiger partial charge in [-0.2, -0.15) is 5.10 Å². The van der Waals surface area contributed by atoms with Gasteiger partial charge in [-0.25, -0.2) is 15.0 Å². The topological polar surface area (TPSA) is 123 Å². The molecule has 1 aliphatic carbocycles. The van der Waals surface area contributed by atoms with E-state index in [2.05, 4.69) is 54.1 Å². The van der Waals surface area contributed by atoms with Crippen LogP contribution < -0.4 is 5.32 Å². The van der Waals surface area contributed by atoms with Crippen molar-refractivity contribution < 1.29 is 14.4 Å². The first kappa shape index (κ1) is 30.6. The van der Waals surface area contributed by atoms with Crippen LogP contribution in [0.2, 0.25) is 0 Å². The van der Waals surface area contributed by atoms with Crippen LogP contribution in [0.5, 0.6) is 0 Å². The zero-order valence-corrected chi connectivity index (χ0v) is 27.5. The highest BCUT2D eigenvalue weighted by Crippen LogP contribution is 2.59. The fourth-order valence-electron chi connectivity index (χ4n) is 6.19. The van der Waals surface area contributed by atoms with Gasteiger partial charge in [0.1, 0.15) is 17.0 Å². The molecule has 4 aromatic rings. The molecule has 230 valence electrons. The van der Waals surface area contributed by atoms with E-state index in [0.29, 0.717) is 33.4 Å². The maximum atomic E-state index is 14.0. The molecule has 0 unspecified atom stereocenters. The molecule has 0 radical (unpaired) electrons. The number of carbonyl (C=O) groups is 3. The number of likely N-dealkylation sites (tertiary alicyclic amines) is 1. The van der Waals surface area contributed by atoms with Gasteiger partial charge < -0.3 is 10.2 Å². The van der Waals surface area contributed by atoms with Crippen molar-refractivity contribution in [3.05, 3.63) is 70.1 Å². The number of nitrogens with zero attached hydrogens (tertiary/aromatic N) is 6. The molecule has 2 amide bonds. The number of nitrogens with one attached hydrogen (secondary N) is 1. The summed E-state index contributed by atoms with van der Waals surface area (Å²) < 4.78 is 2.21. The largest absolute Gasteiger partial charge is 0.335 e. The molecule has 6 rings (SSSR count). The molecule has 2 aliphatic rings. The zero-order chi connectivity index (χ0) is 32.3. The van der Waals surface area contributed by atoms with Gasteiger partial charge in [0.25, 0.3) is 5.91 Å². The molecular formula is C34H34BrN7O3. The predicted octanol–water partition coefficient (Wildman–Crippen LogP) is 4.60. The summed E-state index contributed by atoms with van der Waals surface area (Å²) in [4.78, 5) is 56.1. The number of ketones is 1. The van der Waals surface area contributed by atoms with Gasteiger partial charge >= 0.3 is 0 Å². The van der Waals surface area contributed by atoms with Gasteiger partial charge in [-0.1, -0.05) is 25.0 Å². The van der Waals surface area contributed by atoms with Crippen molar-refractivity contribution in [2.75, 3.05) is 0 Å². The summed E-state index contributed by atoms with van der Waals surface area (Å²) in [6, 6.07) is 8.79. The third-order valence-corrected chi connectivity index (χ3v) is 9.40. The number of hydrogen-bond acceptors (Lipinski definition) is 7. The maximum Gasteiger partial charge on any atom is 0.273 e. The average Bonchev–Trinajstić information content (AvgIpc) is 3.36. The summed E-state index contributed by atoms with van der Waals surface area (Å²) in [7, 11) is 0. The molecule has 1 N–H and O–H groups in total. The molecule has 10 nitrogen and oxygen atoms in total. The number of aromatic nitrogens is 5. The van der Waals surface area contributed by atoms with Crippen molar-refractivity contribution in [1.29, 1.82) is 0 Å². The Morgan fingerprint density at radius 1 is 1.11 bits per heavy atom. The minimum absolute atomic E-state index is 0.00956. The summed E-state index contributed by atoms with van der Waals surface area (Å²) >= 11 is 3.40. The van der Waals surface area contributed by atoms with Crippen LogP contribution in [-0.2, 0) is 22.6 Å². The number of Topliss-reactive ketones (excluding diaryl/α,β-unsaturated/α-hetero) is 1. The molecule has 1 aliphatic heterocycles. The Morgan fingerprint density at radius 3 is 2.56 bits per heavy atom. The molecule has 3 atom stereocenters. The minimum atomic E-state index is -0.910. The number of carbonyl (C=O) groups excluding carboxylic acids is 3. The van der Waals surface area contributed by atoms with Crippen LogP contribution in [0.15, 0.2) is 47.3 Å². The smallest absolute Gasteiger partial charge is 0.273 e. The van der Waals surface area contributed by atoms with Crippen LogP contribution in [0.25, 0.3) is 22.0 Å². The zero-order valence-electron chi connectivity index (χ0n) is 25.9. The van der Waals surface area contributed by atoms with E-state index in [1.54, 1.807) is 35.8 Å². The van der Waals surface area contributed by atoms with E-state index in [0.717, 1.165) is 23.1 Å². The summed E-state index contributed by atoms with van der Waals surface area (Å²) in [5.74, 6) is 2.53. The molecule has 11 heteroatoms. The summed E-state index contributed by atoms with van der Waals surface area (Å²) in [6.07, 6.45) is 10.7. The number of terminal acetylenes is 1. The second-order valence-electron chi connectivity index (χ2n) is 12.9. The number of pyridine rings is 1. The highest BCUT2D eigenvalue weighted by molar-refractivity contribution is 9.10.